The molecule has 0 spiro atoms. The predicted octanol–water partition coefficient (Wildman–Crippen LogP) is 0.958. The molecule has 2 amide bonds. The summed E-state index contributed by atoms with van der Waals surface area (Å²) in [5.74, 6) is -1.03. The number of nitrogens with zero attached hydrogens (tertiary/aromatic N) is 3. The number of hydrogen-bond acceptors (Lipinski definition) is 3. The zero-order valence-corrected chi connectivity index (χ0v) is 10.8. The Hall–Kier alpha value is -2.11. The number of rotatable bonds is 4. The second-order valence-corrected chi connectivity index (χ2v) is 4.16. The van der Waals surface area contributed by atoms with Gasteiger partial charge in [0.2, 0.25) is 0 Å². The molecule has 0 fully saturated rings. The van der Waals surface area contributed by atoms with Crippen LogP contribution in [-0.2, 0) is 11.3 Å². The van der Waals surface area contributed by atoms with E-state index in [9.17, 15) is 9.59 Å². The molecule has 1 N–H and O–H groups in total. The summed E-state index contributed by atoms with van der Waals surface area (Å²) in [6, 6.07) is 5.23. The van der Waals surface area contributed by atoms with Gasteiger partial charge in [-0.05, 0) is 19.1 Å². The van der Waals surface area contributed by atoms with E-state index >= 15 is 0 Å². The van der Waals surface area contributed by atoms with Crippen molar-refractivity contribution in [3.05, 3.63) is 29.6 Å². The van der Waals surface area contributed by atoms with Gasteiger partial charge in [0.25, 0.3) is 0 Å². The number of aromatic nitrogens is 1. The lowest BCUT2D eigenvalue weighted by atomic mass is 10.3. The van der Waals surface area contributed by atoms with Crippen LogP contribution in [0, 0.1) is 6.92 Å². The van der Waals surface area contributed by atoms with Crippen molar-refractivity contribution in [3.8, 4) is 0 Å². The van der Waals surface area contributed by atoms with Gasteiger partial charge in [0, 0.05) is 19.8 Å². The number of pyridine rings is 1. The molecule has 6 nitrogen and oxygen atoms in total. The van der Waals surface area contributed by atoms with Crippen molar-refractivity contribution in [2.24, 2.45) is 0 Å². The van der Waals surface area contributed by atoms with E-state index in [4.69, 9.17) is 5.11 Å². The highest BCUT2D eigenvalue weighted by Gasteiger charge is 2.16. The summed E-state index contributed by atoms with van der Waals surface area (Å²) < 4.78 is 0. The van der Waals surface area contributed by atoms with E-state index in [1.807, 2.05) is 25.1 Å². The average molecular weight is 251 g/mol. The number of carboxylic acids is 1. The van der Waals surface area contributed by atoms with Gasteiger partial charge in [-0.15, -0.1) is 0 Å². The number of carbonyl (C=O) groups excluding carboxylic acids is 1. The number of amides is 2. The van der Waals surface area contributed by atoms with Crippen molar-refractivity contribution in [1.82, 2.24) is 14.8 Å². The molecule has 0 bridgehead atoms. The molecule has 0 saturated heterocycles. The van der Waals surface area contributed by atoms with Crippen molar-refractivity contribution in [2.75, 3.05) is 20.6 Å². The lowest BCUT2D eigenvalue weighted by Gasteiger charge is -2.23. The molecule has 0 atom stereocenters. The third kappa shape index (κ3) is 4.04. The fraction of sp³-hybridized carbons (Fsp3) is 0.417. The molecule has 0 aliphatic carbocycles. The Balaban J connectivity index is 2.62. The van der Waals surface area contributed by atoms with Crippen LogP contribution >= 0.6 is 0 Å². The normalized spacial score (nSPS) is 9.94. The lowest BCUT2D eigenvalue weighted by molar-refractivity contribution is -0.137. The number of hydrogen-bond donors (Lipinski definition) is 1. The Morgan fingerprint density at radius 2 is 1.94 bits per heavy atom. The Kier molecular flexibility index (Phi) is 4.65. The summed E-state index contributed by atoms with van der Waals surface area (Å²) in [5.41, 5.74) is 1.65. The minimum Gasteiger partial charge on any atom is -0.480 e. The first-order valence-corrected chi connectivity index (χ1v) is 5.50. The summed E-state index contributed by atoms with van der Waals surface area (Å²) in [7, 11) is 3.07. The van der Waals surface area contributed by atoms with E-state index in [2.05, 4.69) is 4.98 Å². The van der Waals surface area contributed by atoms with Gasteiger partial charge in [-0.3, -0.25) is 9.78 Å². The minimum absolute atomic E-state index is 0.315. The first-order valence-electron chi connectivity index (χ1n) is 5.50. The molecule has 0 saturated carbocycles. The Bertz CT molecular complexity index is 448. The van der Waals surface area contributed by atoms with Crippen LogP contribution in [0.25, 0.3) is 0 Å². The first kappa shape index (κ1) is 14.0. The van der Waals surface area contributed by atoms with Crippen LogP contribution in [0.4, 0.5) is 4.79 Å². The summed E-state index contributed by atoms with van der Waals surface area (Å²) in [5, 5.41) is 8.62. The molecule has 18 heavy (non-hydrogen) atoms. The van der Waals surface area contributed by atoms with Crippen molar-refractivity contribution in [1.29, 1.82) is 0 Å². The fourth-order valence-electron chi connectivity index (χ4n) is 1.56. The molecule has 0 aromatic carbocycles. The molecule has 1 aromatic heterocycles. The smallest absolute Gasteiger partial charge is 0.323 e. The number of aryl methyl sites for hydroxylation is 1. The Morgan fingerprint density at radius 1 is 1.28 bits per heavy atom. The average Bonchev–Trinajstić information content (AvgIpc) is 2.27. The highest BCUT2D eigenvalue weighted by molar-refractivity contribution is 5.79. The standard InChI is InChI=1S/C12H17N3O3/c1-9-5-4-6-10(13-9)7-14(2)12(18)15(3)8-11(16)17/h4-6H,7-8H2,1-3H3,(H,16,17). The Morgan fingerprint density at radius 3 is 2.50 bits per heavy atom. The quantitative estimate of drug-likeness (QED) is 0.865. The minimum atomic E-state index is -1.03. The number of carboxylic acid groups (broad SMARTS) is 1. The molecule has 0 unspecified atom stereocenters. The van der Waals surface area contributed by atoms with Gasteiger partial charge in [-0.1, -0.05) is 6.07 Å². The second-order valence-electron chi connectivity index (χ2n) is 4.16. The second kappa shape index (κ2) is 6.00. The van der Waals surface area contributed by atoms with Gasteiger partial charge in [-0.2, -0.15) is 0 Å². The molecular weight excluding hydrogens is 234 g/mol. The third-order valence-corrected chi connectivity index (χ3v) is 2.37. The van der Waals surface area contributed by atoms with Crippen molar-refractivity contribution < 1.29 is 14.7 Å². The number of carbonyl (C=O) groups is 2. The highest BCUT2D eigenvalue weighted by atomic mass is 16.4. The molecule has 0 aliphatic rings. The number of likely N-dealkylation sites (N-methyl/N-ethyl adjacent to an activating group) is 1. The van der Waals surface area contributed by atoms with Crippen LogP contribution in [0.1, 0.15) is 11.4 Å². The van der Waals surface area contributed by atoms with Crippen LogP contribution in [0.15, 0.2) is 18.2 Å². The van der Waals surface area contributed by atoms with E-state index in [-0.39, 0.29) is 12.6 Å². The van der Waals surface area contributed by atoms with Gasteiger partial charge in [0.1, 0.15) is 6.54 Å². The predicted molar refractivity (Wildman–Crippen MR) is 66.1 cm³/mol. The zero-order valence-electron chi connectivity index (χ0n) is 10.8. The Labute approximate surface area is 106 Å². The number of urea groups is 1. The number of aliphatic carboxylic acids is 1. The maximum atomic E-state index is 11.8. The molecule has 1 rings (SSSR count). The molecule has 1 heterocycles. The van der Waals surface area contributed by atoms with Gasteiger partial charge in [0.05, 0.1) is 12.2 Å². The first-order chi connectivity index (χ1) is 8.40. The third-order valence-electron chi connectivity index (χ3n) is 2.37. The summed E-state index contributed by atoms with van der Waals surface area (Å²) >= 11 is 0. The molecule has 1 aromatic rings. The van der Waals surface area contributed by atoms with E-state index in [1.54, 1.807) is 7.05 Å². The van der Waals surface area contributed by atoms with E-state index in [0.29, 0.717) is 6.54 Å². The van der Waals surface area contributed by atoms with Crippen molar-refractivity contribution in [2.45, 2.75) is 13.5 Å². The van der Waals surface area contributed by atoms with E-state index in [1.165, 1.54) is 11.9 Å². The zero-order chi connectivity index (χ0) is 13.7. The van der Waals surface area contributed by atoms with Crippen LogP contribution < -0.4 is 0 Å². The summed E-state index contributed by atoms with van der Waals surface area (Å²) in [6.07, 6.45) is 0. The molecule has 6 heteroatoms. The van der Waals surface area contributed by atoms with Gasteiger partial charge in [-0.25, -0.2) is 4.79 Å². The van der Waals surface area contributed by atoms with Gasteiger partial charge >= 0.3 is 12.0 Å². The van der Waals surface area contributed by atoms with E-state index < -0.39 is 5.97 Å². The van der Waals surface area contributed by atoms with Crippen LogP contribution in [0.5, 0.6) is 0 Å². The maximum Gasteiger partial charge on any atom is 0.323 e. The molecule has 0 aliphatic heterocycles. The fourth-order valence-corrected chi connectivity index (χ4v) is 1.56. The van der Waals surface area contributed by atoms with Crippen LogP contribution in [0.2, 0.25) is 0 Å². The lowest BCUT2D eigenvalue weighted by Crippen LogP contribution is -2.41. The summed E-state index contributed by atoms with van der Waals surface area (Å²) in [4.78, 5) is 29.2. The van der Waals surface area contributed by atoms with Crippen LogP contribution in [0.3, 0.4) is 0 Å². The SMILES string of the molecule is Cc1cccc(CN(C)C(=O)N(C)CC(=O)O)n1. The van der Waals surface area contributed by atoms with Crippen molar-refractivity contribution >= 4 is 12.0 Å². The molecule has 98 valence electrons. The monoisotopic (exact) mass is 251 g/mol. The molecule has 0 radical (unpaired) electrons. The summed E-state index contributed by atoms with van der Waals surface area (Å²) in [6.45, 7) is 1.91. The van der Waals surface area contributed by atoms with Gasteiger partial charge < -0.3 is 14.9 Å². The highest BCUT2D eigenvalue weighted by Crippen LogP contribution is 2.04. The maximum absolute atomic E-state index is 11.8. The van der Waals surface area contributed by atoms with Crippen LogP contribution in [-0.4, -0.2) is 52.5 Å². The van der Waals surface area contributed by atoms with Gasteiger partial charge in [0.15, 0.2) is 0 Å². The topological polar surface area (TPSA) is 73.7 Å². The largest absolute Gasteiger partial charge is 0.480 e. The van der Waals surface area contributed by atoms with E-state index in [0.717, 1.165) is 16.3 Å². The van der Waals surface area contributed by atoms with Crippen molar-refractivity contribution in [3.63, 3.8) is 0 Å². The molecular formula is C12H17N3O3.